The van der Waals surface area contributed by atoms with Gasteiger partial charge in [-0.25, -0.2) is 4.79 Å². The van der Waals surface area contributed by atoms with Gasteiger partial charge in [-0.3, -0.25) is 14.5 Å². The van der Waals surface area contributed by atoms with Gasteiger partial charge in [0.1, 0.15) is 24.2 Å². The van der Waals surface area contributed by atoms with Crippen molar-refractivity contribution in [3.8, 4) is 0 Å². The van der Waals surface area contributed by atoms with E-state index in [4.69, 9.17) is 10.6 Å². The second kappa shape index (κ2) is 9.26. The molecule has 3 rings (SSSR count). The number of β-lactam (4-membered cyclic amide) rings is 1. The molecular weight excluding hydrogens is 458 g/mol. The van der Waals surface area contributed by atoms with E-state index in [1.54, 1.807) is 6.08 Å². The van der Waals surface area contributed by atoms with Gasteiger partial charge < -0.3 is 25.5 Å². The van der Waals surface area contributed by atoms with Gasteiger partial charge in [-0.2, -0.15) is 9.36 Å². The van der Waals surface area contributed by atoms with Gasteiger partial charge in [0.2, 0.25) is 11.5 Å². The molecule has 0 aliphatic carbocycles. The average Bonchev–Trinajstić information content (AvgIpc) is 3.14. The fourth-order valence-electron chi connectivity index (χ4n) is 3.10. The molecule has 2 aliphatic heterocycles. The number of nitrogens with one attached hydrogen (secondary N) is 1. The minimum absolute atomic E-state index is 0.0254. The maximum atomic E-state index is 12.8. The van der Waals surface area contributed by atoms with Gasteiger partial charge in [0.25, 0.3) is 11.8 Å². The summed E-state index contributed by atoms with van der Waals surface area (Å²) in [4.78, 5) is 47.3. The Balaban J connectivity index is 1.78. The molecule has 0 saturated carbocycles. The molecule has 1 saturated heterocycles. The van der Waals surface area contributed by atoms with E-state index in [2.05, 4.69) is 19.8 Å². The molecule has 4 N–H and O–H groups in total. The molecule has 0 spiro atoms. The largest absolute Gasteiger partial charge is 0.477 e. The van der Waals surface area contributed by atoms with E-state index in [1.807, 2.05) is 27.2 Å². The molecular formula is C18H24N7O5S2+. The highest BCUT2D eigenvalue weighted by atomic mass is 32.2. The van der Waals surface area contributed by atoms with E-state index >= 15 is 0 Å². The number of fused-ring (bicyclic) bond motifs is 1. The Labute approximate surface area is 192 Å². The molecule has 14 heteroatoms. The quantitative estimate of drug-likeness (QED) is 0.191. The fraction of sp³-hybridized carbons (Fsp3) is 0.444. The zero-order valence-electron chi connectivity index (χ0n) is 17.9. The van der Waals surface area contributed by atoms with Crippen LogP contribution in [0.15, 0.2) is 28.6 Å². The maximum absolute atomic E-state index is 12.8. The fourth-order valence-corrected chi connectivity index (χ4v) is 4.85. The van der Waals surface area contributed by atoms with Crippen LogP contribution >= 0.6 is 23.3 Å². The maximum Gasteiger partial charge on any atom is 0.352 e. The van der Waals surface area contributed by atoms with Gasteiger partial charge in [0.05, 0.1) is 27.7 Å². The second-order valence-electron chi connectivity index (χ2n) is 7.99. The monoisotopic (exact) mass is 482 g/mol. The number of hydrogen-bond acceptors (Lipinski definition) is 10. The number of aromatic nitrogens is 2. The standard InChI is InChI=1S/C18H23N7O5S2/c1-25(2,3)7-5-6-9-8-31-16-11(15(27)24(16)12(9)17(28)29)20-14(26)10(22-30-4)13-21-18(19)32-23-13/h5-6,11,16H,7-8H2,1-4H3,(H3-,19,20,21,23,26,28,29)/p+1/t11?,16-/m1/s1. The molecule has 2 atom stereocenters. The molecule has 1 unspecified atom stereocenters. The number of carbonyl (C=O) groups excluding carboxylic acids is 2. The number of rotatable bonds is 8. The van der Waals surface area contributed by atoms with Crippen molar-refractivity contribution in [1.29, 1.82) is 0 Å². The number of anilines is 1. The van der Waals surface area contributed by atoms with Gasteiger partial charge >= 0.3 is 5.97 Å². The van der Waals surface area contributed by atoms with Crippen molar-refractivity contribution in [3.63, 3.8) is 0 Å². The summed E-state index contributed by atoms with van der Waals surface area (Å²) in [5.74, 6) is -2.07. The van der Waals surface area contributed by atoms with E-state index in [0.29, 0.717) is 22.4 Å². The van der Waals surface area contributed by atoms with Crippen molar-refractivity contribution >= 4 is 51.9 Å². The number of carbonyl (C=O) groups is 3. The van der Waals surface area contributed by atoms with E-state index in [0.717, 1.165) is 11.5 Å². The Morgan fingerprint density at radius 3 is 2.72 bits per heavy atom. The third-order valence-electron chi connectivity index (χ3n) is 4.51. The number of nitrogens with two attached hydrogens (primary N) is 1. The Kier molecular flexibility index (Phi) is 6.85. The lowest BCUT2D eigenvalue weighted by molar-refractivity contribution is -0.864. The van der Waals surface area contributed by atoms with E-state index in [-0.39, 0.29) is 22.4 Å². The number of allylic oxidation sites excluding steroid dienone is 1. The zero-order chi connectivity index (χ0) is 23.6. The van der Waals surface area contributed by atoms with Crippen LogP contribution in [-0.2, 0) is 19.2 Å². The predicted molar refractivity (Wildman–Crippen MR) is 120 cm³/mol. The molecule has 2 amide bonds. The second-order valence-corrected chi connectivity index (χ2v) is 9.88. The predicted octanol–water partition coefficient (Wildman–Crippen LogP) is -0.528. The van der Waals surface area contributed by atoms with Crippen LogP contribution in [0.5, 0.6) is 0 Å². The number of aliphatic carboxylic acids is 1. The topological polar surface area (TPSA) is 160 Å². The molecule has 0 aromatic carbocycles. The number of oxime groups is 1. The van der Waals surface area contributed by atoms with Crippen molar-refractivity contribution in [1.82, 2.24) is 19.6 Å². The van der Waals surface area contributed by atoms with Crippen molar-refractivity contribution in [2.24, 2.45) is 5.16 Å². The Morgan fingerprint density at radius 2 is 2.16 bits per heavy atom. The van der Waals surface area contributed by atoms with Crippen molar-refractivity contribution in [2.75, 3.05) is 46.3 Å². The summed E-state index contributed by atoms with van der Waals surface area (Å²) in [5, 5.41) is 15.6. The number of quaternary nitrogens is 1. The molecule has 0 radical (unpaired) electrons. The van der Waals surface area contributed by atoms with E-state index in [9.17, 15) is 19.5 Å². The van der Waals surface area contributed by atoms with E-state index in [1.165, 1.54) is 23.8 Å². The SMILES string of the molecule is CON=C(C(=O)NC1C(=O)N2C(C(=O)O)=C(C=CC[N+](C)(C)C)CS[C@H]12)c1nsc(N)n1. The molecule has 12 nitrogen and oxygen atoms in total. The number of nitrogens with zero attached hydrogens (tertiary/aromatic N) is 5. The minimum atomic E-state index is -1.19. The smallest absolute Gasteiger partial charge is 0.352 e. The van der Waals surface area contributed by atoms with Gasteiger partial charge in [-0.15, -0.1) is 11.8 Å². The lowest BCUT2D eigenvalue weighted by Crippen LogP contribution is -2.71. The van der Waals surface area contributed by atoms with Crippen LogP contribution in [0.4, 0.5) is 5.13 Å². The molecule has 1 aromatic rings. The number of thioether (sulfide) groups is 1. The number of nitrogen functional groups attached to an aromatic ring is 1. The van der Waals surface area contributed by atoms with E-state index < -0.39 is 29.2 Å². The minimum Gasteiger partial charge on any atom is -0.477 e. The highest BCUT2D eigenvalue weighted by molar-refractivity contribution is 8.00. The number of hydrogen-bond donors (Lipinski definition) is 3. The van der Waals surface area contributed by atoms with Gasteiger partial charge in [-0.05, 0) is 11.6 Å². The van der Waals surface area contributed by atoms with Crippen LogP contribution in [0.1, 0.15) is 5.82 Å². The summed E-state index contributed by atoms with van der Waals surface area (Å²) in [6, 6.07) is -0.920. The van der Waals surface area contributed by atoms with Crippen LogP contribution in [0.2, 0.25) is 0 Å². The lowest BCUT2D eigenvalue weighted by atomic mass is 10.0. The number of likely N-dealkylation sites (N-methyl/N-ethyl adjacent to an activating group) is 1. The molecule has 2 aliphatic rings. The summed E-state index contributed by atoms with van der Waals surface area (Å²) in [6.07, 6.45) is 3.64. The van der Waals surface area contributed by atoms with Crippen LogP contribution in [-0.4, -0.2) is 99.3 Å². The summed E-state index contributed by atoms with van der Waals surface area (Å²) in [7, 11) is 7.32. The number of carboxylic acids is 1. The molecule has 3 heterocycles. The van der Waals surface area contributed by atoms with Crippen LogP contribution in [0.3, 0.4) is 0 Å². The third kappa shape index (κ3) is 4.92. The first-order valence-electron chi connectivity index (χ1n) is 9.43. The van der Waals surface area contributed by atoms with Gasteiger partial charge in [0.15, 0.2) is 5.13 Å². The molecule has 1 aromatic heterocycles. The lowest BCUT2D eigenvalue weighted by Gasteiger charge is -2.49. The number of carboxylic acid groups (broad SMARTS) is 1. The highest BCUT2D eigenvalue weighted by Crippen LogP contribution is 2.40. The van der Waals surface area contributed by atoms with Crippen molar-refractivity contribution in [2.45, 2.75) is 11.4 Å². The zero-order valence-corrected chi connectivity index (χ0v) is 19.6. The van der Waals surface area contributed by atoms with Crippen LogP contribution in [0, 0.1) is 0 Å². The number of amides is 2. The molecule has 32 heavy (non-hydrogen) atoms. The van der Waals surface area contributed by atoms with Crippen molar-refractivity contribution in [3.05, 3.63) is 29.2 Å². The first kappa shape index (κ1) is 23.7. The summed E-state index contributed by atoms with van der Waals surface area (Å²) in [6.45, 7) is 0.702. The summed E-state index contributed by atoms with van der Waals surface area (Å²) < 4.78 is 4.62. The Hall–Kier alpha value is -2.97. The Bertz CT molecular complexity index is 1030. The highest BCUT2D eigenvalue weighted by Gasteiger charge is 2.54. The summed E-state index contributed by atoms with van der Waals surface area (Å²) >= 11 is 2.26. The van der Waals surface area contributed by atoms with Crippen LogP contribution in [0.25, 0.3) is 0 Å². The first-order chi connectivity index (χ1) is 15.0. The molecule has 1 fully saturated rings. The first-order valence-corrected chi connectivity index (χ1v) is 11.3. The van der Waals surface area contributed by atoms with Gasteiger partial charge in [-0.1, -0.05) is 11.2 Å². The summed E-state index contributed by atoms with van der Waals surface area (Å²) in [5.41, 5.74) is 5.81. The van der Waals surface area contributed by atoms with Crippen molar-refractivity contribution < 1.29 is 28.8 Å². The Morgan fingerprint density at radius 1 is 1.44 bits per heavy atom. The molecule has 172 valence electrons. The van der Waals surface area contributed by atoms with Gasteiger partial charge in [0, 0.05) is 17.3 Å². The average molecular weight is 483 g/mol. The van der Waals surface area contributed by atoms with Crippen LogP contribution < -0.4 is 11.1 Å². The third-order valence-corrected chi connectivity index (χ3v) is 6.36. The normalized spacial score (nSPS) is 21.4. The molecule has 0 bridgehead atoms.